The molecular weight excluding hydrogens is 394 g/mol. The average molecular weight is 415 g/mol. The van der Waals surface area contributed by atoms with Gasteiger partial charge in [0.15, 0.2) is 23.0 Å². The SMILES string of the molecule is COc1ccccc1OCCN1C(=O)S/C(=C\c2cccc(OC)c2OC)C1=O. The molecule has 2 aromatic carbocycles. The van der Waals surface area contributed by atoms with Gasteiger partial charge in [-0.3, -0.25) is 14.5 Å². The molecule has 8 heteroatoms. The molecule has 3 rings (SSSR count). The van der Waals surface area contributed by atoms with E-state index in [0.29, 0.717) is 33.5 Å². The Morgan fingerprint density at radius 2 is 1.59 bits per heavy atom. The van der Waals surface area contributed by atoms with Crippen molar-refractivity contribution in [1.29, 1.82) is 0 Å². The van der Waals surface area contributed by atoms with Crippen molar-refractivity contribution in [2.24, 2.45) is 0 Å². The van der Waals surface area contributed by atoms with Crippen LogP contribution >= 0.6 is 11.8 Å². The molecule has 1 aliphatic rings. The second-order valence-corrected chi connectivity index (χ2v) is 6.91. The van der Waals surface area contributed by atoms with Crippen LogP contribution in [0.3, 0.4) is 0 Å². The van der Waals surface area contributed by atoms with Crippen LogP contribution in [0.5, 0.6) is 23.0 Å². The number of amides is 2. The van der Waals surface area contributed by atoms with Crippen LogP contribution < -0.4 is 18.9 Å². The van der Waals surface area contributed by atoms with E-state index in [1.807, 2.05) is 12.1 Å². The van der Waals surface area contributed by atoms with Gasteiger partial charge in [-0.25, -0.2) is 0 Å². The fourth-order valence-electron chi connectivity index (χ4n) is 2.84. The van der Waals surface area contributed by atoms with Crippen molar-refractivity contribution in [3.8, 4) is 23.0 Å². The van der Waals surface area contributed by atoms with Gasteiger partial charge in [-0.05, 0) is 36.0 Å². The van der Waals surface area contributed by atoms with Crippen LogP contribution in [0, 0.1) is 0 Å². The van der Waals surface area contributed by atoms with Gasteiger partial charge in [0.05, 0.1) is 32.8 Å². The molecule has 0 spiro atoms. The third kappa shape index (κ3) is 4.48. The number of benzene rings is 2. The highest BCUT2D eigenvalue weighted by atomic mass is 32.2. The zero-order chi connectivity index (χ0) is 20.8. The van der Waals surface area contributed by atoms with Crippen LogP contribution in [-0.4, -0.2) is 50.5 Å². The molecule has 1 fully saturated rings. The highest BCUT2D eigenvalue weighted by Crippen LogP contribution is 2.37. The van der Waals surface area contributed by atoms with Gasteiger partial charge in [0.2, 0.25) is 0 Å². The smallest absolute Gasteiger partial charge is 0.293 e. The number of carbonyl (C=O) groups excluding carboxylic acids is 2. The minimum atomic E-state index is -0.367. The molecule has 2 aromatic rings. The lowest BCUT2D eigenvalue weighted by Crippen LogP contribution is -2.32. The number of hydrogen-bond donors (Lipinski definition) is 0. The van der Waals surface area contributed by atoms with E-state index in [1.54, 1.807) is 43.5 Å². The van der Waals surface area contributed by atoms with Crippen molar-refractivity contribution in [3.63, 3.8) is 0 Å². The maximum Gasteiger partial charge on any atom is 0.293 e. The molecule has 0 atom stereocenters. The lowest BCUT2D eigenvalue weighted by molar-refractivity contribution is -0.123. The quantitative estimate of drug-likeness (QED) is 0.607. The standard InChI is InChI=1S/C21H21NO6S/c1-25-15-8-4-5-9-16(15)28-12-11-22-20(23)18(29-21(22)24)13-14-7-6-10-17(26-2)19(14)27-3/h4-10,13H,11-12H2,1-3H3/b18-13-. The molecule has 1 heterocycles. The normalized spacial score (nSPS) is 15.0. The average Bonchev–Trinajstić information content (AvgIpc) is 3.01. The van der Waals surface area contributed by atoms with Crippen molar-refractivity contribution in [3.05, 3.63) is 52.9 Å². The zero-order valence-electron chi connectivity index (χ0n) is 16.3. The Labute approximate surface area is 173 Å². The Balaban J connectivity index is 1.71. The molecule has 2 amide bonds. The molecule has 0 unspecified atom stereocenters. The topological polar surface area (TPSA) is 74.3 Å². The number of methoxy groups -OCH3 is 3. The second kappa shape index (κ2) is 9.38. The van der Waals surface area contributed by atoms with E-state index in [-0.39, 0.29) is 24.3 Å². The first-order valence-corrected chi connectivity index (χ1v) is 9.63. The van der Waals surface area contributed by atoms with E-state index in [9.17, 15) is 9.59 Å². The zero-order valence-corrected chi connectivity index (χ0v) is 17.2. The van der Waals surface area contributed by atoms with Crippen molar-refractivity contribution >= 4 is 29.0 Å². The molecule has 0 saturated carbocycles. The highest BCUT2D eigenvalue weighted by Gasteiger charge is 2.35. The summed E-state index contributed by atoms with van der Waals surface area (Å²) in [7, 11) is 4.61. The summed E-state index contributed by atoms with van der Waals surface area (Å²) in [6, 6.07) is 12.5. The minimum Gasteiger partial charge on any atom is -0.493 e. The van der Waals surface area contributed by atoms with E-state index in [2.05, 4.69) is 0 Å². The van der Waals surface area contributed by atoms with Crippen LogP contribution in [-0.2, 0) is 4.79 Å². The van der Waals surface area contributed by atoms with Gasteiger partial charge in [-0.2, -0.15) is 0 Å². The maximum absolute atomic E-state index is 12.7. The third-order valence-electron chi connectivity index (χ3n) is 4.24. The second-order valence-electron chi connectivity index (χ2n) is 5.92. The summed E-state index contributed by atoms with van der Waals surface area (Å²) in [5, 5.41) is -0.341. The molecule has 152 valence electrons. The van der Waals surface area contributed by atoms with Crippen LogP contribution in [0.2, 0.25) is 0 Å². The third-order valence-corrected chi connectivity index (χ3v) is 5.14. The first-order chi connectivity index (χ1) is 14.1. The summed E-state index contributed by atoms with van der Waals surface area (Å²) in [4.78, 5) is 26.5. The van der Waals surface area contributed by atoms with E-state index in [4.69, 9.17) is 18.9 Å². The molecule has 1 aliphatic heterocycles. The minimum absolute atomic E-state index is 0.134. The summed E-state index contributed by atoms with van der Waals surface area (Å²) in [6.45, 7) is 0.295. The van der Waals surface area contributed by atoms with Gasteiger partial charge in [0.1, 0.15) is 6.61 Å². The summed E-state index contributed by atoms with van der Waals surface area (Å²) in [5.41, 5.74) is 0.655. The van der Waals surface area contributed by atoms with E-state index < -0.39 is 0 Å². The predicted octanol–water partition coefficient (Wildman–Crippen LogP) is 3.83. The molecule has 0 bridgehead atoms. The molecule has 7 nitrogen and oxygen atoms in total. The van der Waals surface area contributed by atoms with Crippen LogP contribution in [0.4, 0.5) is 4.79 Å². The van der Waals surface area contributed by atoms with Crippen LogP contribution in [0.15, 0.2) is 47.4 Å². The molecular formula is C21H21NO6S. The first kappa shape index (κ1) is 20.6. The van der Waals surface area contributed by atoms with Crippen LogP contribution in [0.1, 0.15) is 5.56 Å². The van der Waals surface area contributed by atoms with E-state index in [0.717, 1.165) is 11.8 Å². The Morgan fingerprint density at radius 1 is 0.897 bits per heavy atom. The summed E-state index contributed by atoms with van der Waals surface area (Å²) >= 11 is 0.885. The van der Waals surface area contributed by atoms with Gasteiger partial charge in [-0.15, -0.1) is 0 Å². The Bertz CT molecular complexity index is 943. The fourth-order valence-corrected chi connectivity index (χ4v) is 3.70. The lowest BCUT2D eigenvalue weighted by atomic mass is 10.1. The maximum atomic E-state index is 12.7. The number of hydrogen-bond acceptors (Lipinski definition) is 7. The van der Waals surface area contributed by atoms with Gasteiger partial charge in [0.25, 0.3) is 11.1 Å². The van der Waals surface area contributed by atoms with Gasteiger partial charge >= 0.3 is 0 Å². The largest absolute Gasteiger partial charge is 0.493 e. The van der Waals surface area contributed by atoms with Gasteiger partial charge < -0.3 is 18.9 Å². The first-order valence-electron chi connectivity index (χ1n) is 8.81. The van der Waals surface area contributed by atoms with Crippen molar-refractivity contribution in [2.45, 2.75) is 0 Å². The number of thioether (sulfide) groups is 1. The number of nitrogens with zero attached hydrogens (tertiary/aromatic N) is 1. The van der Waals surface area contributed by atoms with Gasteiger partial charge in [-0.1, -0.05) is 24.3 Å². The molecule has 0 N–H and O–H groups in total. The molecule has 1 saturated heterocycles. The van der Waals surface area contributed by atoms with Crippen LogP contribution in [0.25, 0.3) is 6.08 Å². The van der Waals surface area contributed by atoms with E-state index in [1.165, 1.54) is 19.1 Å². The number of rotatable bonds is 8. The van der Waals surface area contributed by atoms with Crippen molar-refractivity contribution in [2.75, 3.05) is 34.5 Å². The molecule has 0 radical (unpaired) electrons. The number of imide groups is 1. The summed E-state index contributed by atoms with van der Waals surface area (Å²) in [6.07, 6.45) is 1.63. The van der Waals surface area contributed by atoms with Gasteiger partial charge in [0, 0.05) is 5.56 Å². The highest BCUT2D eigenvalue weighted by molar-refractivity contribution is 8.18. The molecule has 0 aliphatic carbocycles. The molecule has 0 aromatic heterocycles. The molecule has 29 heavy (non-hydrogen) atoms. The Hall–Kier alpha value is -3.13. The van der Waals surface area contributed by atoms with Crippen molar-refractivity contribution in [1.82, 2.24) is 4.90 Å². The summed E-state index contributed by atoms with van der Waals surface area (Å²) < 4.78 is 21.6. The lowest BCUT2D eigenvalue weighted by Gasteiger charge is -2.14. The van der Waals surface area contributed by atoms with E-state index >= 15 is 0 Å². The fraction of sp³-hybridized carbons (Fsp3) is 0.238. The number of carbonyl (C=O) groups is 2. The Morgan fingerprint density at radius 3 is 2.28 bits per heavy atom. The monoisotopic (exact) mass is 415 g/mol. The summed E-state index contributed by atoms with van der Waals surface area (Å²) in [5.74, 6) is 1.82. The number of ether oxygens (including phenoxy) is 4. The number of para-hydroxylation sites is 3. The van der Waals surface area contributed by atoms with Crippen molar-refractivity contribution < 1.29 is 28.5 Å². The Kier molecular flexibility index (Phi) is 6.66. The predicted molar refractivity (Wildman–Crippen MR) is 111 cm³/mol.